The number of esters is 1. The zero-order valence-corrected chi connectivity index (χ0v) is 20.9. The molecular weight excluding hydrogens is 430 g/mol. The Morgan fingerprint density at radius 1 is 1.00 bits per heavy atom. The van der Waals surface area contributed by atoms with Crippen LogP contribution in [-0.4, -0.2) is 38.2 Å². The summed E-state index contributed by atoms with van der Waals surface area (Å²) in [6, 6.07) is 13.6. The van der Waals surface area contributed by atoms with Crippen LogP contribution in [0.5, 0.6) is 11.5 Å². The predicted octanol–water partition coefficient (Wildman–Crippen LogP) is 5.05. The molecule has 1 aliphatic rings. The molecule has 6 heteroatoms. The number of nitrogens with one attached hydrogen (secondary N) is 1. The van der Waals surface area contributed by atoms with E-state index in [4.69, 9.17) is 14.2 Å². The van der Waals surface area contributed by atoms with Gasteiger partial charge < -0.3 is 19.5 Å². The third-order valence-electron chi connectivity index (χ3n) is 6.74. The van der Waals surface area contributed by atoms with E-state index in [1.807, 2.05) is 18.2 Å². The lowest BCUT2D eigenvalue weighted by molar-refractivity contribution is -0.158. The van der Waals surface area contributed by atoms with Gasteiger partial charge in [-0.05, 0) is 60.4 Å². The van der Waals surface area contributed by atoms with Crippen LogP contribution >= 0.6 is 0 Å². The molecule has 34 heavy (non-hydrogen) atoms. The van der Waals surface area contributed by atoms with Gasteiger partial charge in [-0.15, -0.1) is 0 Å². The predicted molar refractivity (Wildman–Crippen MR) is 132 cm³/mol. The summed E-state index contributed by atoms with van der Waals surface area (Å²) >= 11 is 0. The molecular formula is C28H37NO5. The molecule has 184 valence electrons. The molecule has 2 aromatic rings. The van der Waals surface area contributed by atoms with Gasteiger partial charge in [-0.3, -0.25) is 4.79 Å². The molecule has 2 aromatic carbocycles. The monoisotopic (exact) mass is 467 g/mol. The topological polar surface area (TPSA) is 73.9 Å². The second-order valence-corrected chi connectivity index (χ2v) is 9.59. The summed E-state index contributed by atoms with van der Waals surface area (Å²) in [6.07, 6.45) is 3.19. The van der Waals surface area contributed by atoms with Crippen LogP contribution in [-0.2, 0) is 16.0 Å². The van der Waals surface area contributed by atoms with Crippen LogP contribution in [0, 0.1) is 17.8 Å². The van der Waals surface area contributed by atoms with E-state index >= 15 is 0 Å². The Balaban J connectivity index is 1.83. The van der Waals surface area contributed by atoms with Crippen LogP contribution in [0.2, 0.25) is 0 Å². The highest BCUT2D eigenvalue weighted by atomic mass is 16.5. The van der Waals surface area contributed by atoms with E-state index in [1.54, 1.807) is 44.6 Å². The Morgan fingerprint density at radius 3 is 2.35 bits per heavy atom. The second kappa shape index (κ2) is 11.9. The number of ether oxygens (including phenoxy) is 3. The quantitative estimate of drug-likeness (QED) is 0.523. The van der Waals surface area contributed by atoms with Crippen molar-refractivity contribution in [1.82, 2.24) is 5.32 Å². The molecule has 0 bridgehead atoms. The number of rotatable bonds is 9. The molecule has 1 aliphatic carbocycles. The highest BCUT2D eigenvalue weighted by molar-refractivity contribution is 5.96. The van der Waals surface area contributed by atoms with E-state index in [-0.39, 0.29) is 18.4 Å². The number of carbonyl (C=O) groups excluding carboxylic acids is 2. The van der Waals surface area contributed by atoms with Gasteiger partial charge in [0.25, 0.3) is 5.91 Å². The minimum atomic E-state index is -0.823. The fraction of sp³-hybridized carbons (Fsp3) is 0.500. The Kier molecular flexibility index (Phi) is 8.97. The summed E-state index contributed by atoms with van der Waals surface area (Å²) < 4.78 is 16.8. The van der Waals surface area contributed by atoms with Crippen molar-refractivity contribution in [2.45, 2.75) is 58.6 Å². The normalized spacial score (nSPS) is 20.9. The molecule has 0 heterocycles. The molecule has 1 fully saturated rings. The smallest absolute Gasteiger partial charge is 0.329 e. The minimum absolute atomic E-state index is 0.141. The fourth-order valence-electron chi connectivity index (χ4n) is 4.75. The summed E-state index contributed by atoms with van der Waals surface area (Å²) in [5.74, 6) is 1.73. The lowest BCUT2D eigenvalue weighted by atomic mass is 9.75. The van der Waals surface area contributed by atoms with Crippen LogP contribution in [0.25, 0.3) is 0 Å². The average molecular weight is 468 g/mol. The molecule has 1 saturated carbocycles. The highest BCUT2D eigenvalue weighted by Gasteiger charge is 2.35. The summed E-state index contributed by atoms with van der Waals surface area (Å²) in [5.41, 5.74) is 1.34. The number of hydrogen-bond acceptors (Lipinski definition) is 5. The summed E-state index contributed by atoms with van der Waals surface area (Å²) in [7, 11) is 3.15. The van der Waals surface area contributed by atoms with Crippen molar-refractivity contribution >= 4 is 11.9 Å². The first-order chi connectivity index (χ1) is 16.3. The number of carbonyl (C=O) groups is 2. The summed E-state index contributed by atoms with van der Waals surface area (Å²) in [6.45, 7) is 6.56. The molecule has 0 aliphatic heterocycles. The van der Waals surface area contributed by atoms with Crippen molar-refractivity contribution in [2.75, 3.05) is 14.2 Å². The molecule has 6 nitrogen and oxygen atoms in total. The zero-order valence-electron chi connectivity index (χ0n) is 20.9. The molecule has 0 aromatic heterocycles. The van der Waals surface area contributed by atoms with Gasteiger partial charge in [-0.25, -0.2) is 4.79 Å². The van der Waals surface area contributed by atoms with E-state index < -0.39 is 12.0 Å². The Hall–Kier alpha value is -3.02. The van der Waals surface area contributed by atoms with Gasteiger partial charge in [0, 0.05) is 12.0 Å². The lowest BCUT2D eigenvalue weighted by Gasteiger charge is -2.37. The zero-order chi connectivity index (χ0) is 24.7. The lowest BCUT2D eigenvalue weighted by Crippen LogP contribution is -2.46. The average Bonchev–Trinajstić information content (AvgIpc) is 2.83. The van der Waals surface area contributed by atoms with Crippen molar-refractivity contribution in [2.24, 2.45) is 17.8 Å². The Labute approximate surface area is 203 Å². The molecule has 3 unspecified atom stereocenters. The van der Waals surface area contributed by atoms with Crippen LogP contribution in [0.4, 0.5) is 0 Å². The number of methoxy groups -OCH3 is 2. The van der Waals surface area contributed by atoms with Crippen molar-refractivity contribution in [3.63, 3.8) is 0 Å². The van der Waals surface area contributed by atoms with Crippen LogP contribution in [0.1, 0.15) is 56.0 Å². The maximum absolute atomic E-state index is 13.4. The van der Waals surface area contributed by atoms with Gasteiger partial charge in [-0.1, -0.05) is 51.5 Å². The van der Waals surface area contributed by atoms with Gasteiger partial charge in [-0.2, -0.15) is 0 Å². The number of hydrogen-bond donors (Lipinski definition) is 1. The maximum atomic E-state index is 13.4. The maximum Gasteiger partial charge on any atom is 0.329 e. The van der Waals surface area contributed by atoms with Crippen molar-refractivity contribution in [1.29, 1.82) is 0 Å². The van der Waals surface area contributed by atoms with E-state index in [2.05, 4.69) is 26.1 Å². The Morgan fingerprint density at radius 2 is 1.71 bits per heavy atom. The van der Waals surface area contributed by atoms with Crippen LogP contribution in [0.3, 0.4) is 0 Å². The second-order valence-electron chi connectivity index (χ2n) is 9.59. The third kappa shape index (κ3) is 6.52. The molecule has 1 N–H and O–H groups in total. The first kappa shape index (κ1) is 25.6. The van der Waals surface area contributed by atoms with E-state index in [0.717, 1.165) is 24.8 Å². The minimum Gasteiger partial charge on any atom is -0.493 e. The molecule has 1 amide bonds. The number of benzene rings is 2. The number of amides is 1. The largest absolute Gasteiger partial charge is 0.493 e. The van der Waals surface area contributed by atoms with Crippen LogP contribution in [0.15, 0.2) is 48.5 Å². The first-order valence-electron chi connectivity index (χ1n) is 12.1. The van der Waals surface area contributed by atoms with E-state index in [0.29, 0.717) is 34.8 Å². The van der Waals surface area contributed by atoms with Gasteiger partial charge in [0.1, 0.15) is 12.1 Å². The highest BCUT2D eigenvalue weighted by Crippen LogP contribution is 2.35. The van der Waals surface area contributed by atoms with Crippen molar-refractivity contribution in [3.05, 3.63) is 59.7 Å². The van der Waals surface area contributed by atoms with E-state index in [1.165, 1.54) is 0 Å². The molecule has 0 saturated heterocycles. The van der Waals surface area contributed by atoms with E-state index in [9.17, 15) is 9.59 Å². The Bertz CT molecular complexity index is 959. The van der Waals surface area contributed by atoms with Crippen molar-refractivity contribution in [3.8, 4) is 11.5 Å². The fourth-order valence-corrected chi connectivity index (χ4v) is 4.75. The third-order valence-corrected chi connectivity index (χ3v) is 6.74. The summed E-state index contributed by atoms with van der Waals surface area (Å²) in [5, 5.41) is 2.91. The standard InChI is InChI=1S/C28H37NO5/c1-18(2)22-13-11-19(3)15-25(22)34-28(31)23(29-27(30)21-9-7-6-8-10-21)16-20-12-14-24(32-4)26(17-20)33-5/h6-10,12,14,17-19,22-23,25H,11,13,15-16H2,1-5H3,(H,29,30)/t19?,22?,23-,25?/m1/s1. The summed E-state index contributed by atoms with van der Waals surface area (Å²) in [4.78, 5) is 26.4. The van der Waals surface area contributed by atoms with Crippen molar-refractivity contribution < 1.29 is 23.8 Å². The SMILES string of the molecule is COc1ccc(C[C@@H](NC(=O)c2ccccc2)C(=O)OC2CC(C)CCC2C(C)C)cc1OC. The molecule has 0 radical (unpaired) electrons. The molecule has 0 spiro atoms. The molecule has 3 rings (SSSR count). The van der Waals surface area contributed by atoms with Gasteiger partial charge in [0.15, 0.2) is 11.5 Å². The van der Waals surface area contributed by atoms with Gasteiger partial charge in [0.2, 0.25) is 0 Å². The first-order valence-corrected chi connectivity index (χ1v) is 12.1. The van der Waals surface area contributed by atoms with Gasteiger partial charge in [0.05, 0.1) is 14.2 Å². The van der Waals surface area contributed by atoms with Gasteiger partial charge >= 0.3 is 5.97 Å². The molecule has 4 atom stereocenters. The van der Waals surface area contributed by atoms with Crippen LogP contribution < -0.4 is 14.8 Å².